The zero-order chi connectivity index (χ0) is 14.0. The van der Waals surface area contributed by atoms with Gasteiger partial charge in [-0.1, -0.05) is 25.4 Å². The van der Waals surface area contributed by atoms with Crippen LogP contribution >= 0.6 is 11.6 Å². The number of halogens is 3. The molecule has 0 spiro atoms. The van der Waals surface area contributed by atoms with Crippen LogP contribution in [-0.2, 0) is 0 Å². The molecule has 1 aliphatic rings. The molecule has 2 atom stereocenters. The first-order chi connectivity index (χ1) is 8.99. The van der Waals surface area contributed by atoms with Crippen LogP contribution in [0.4, 0.5) is 8.78 Å². The number of benzene rings is 1. The monoisotopic (exact) mass is 289 g/mol. The van der Waals surface area contributed by atoms with Crippen LogP contribution in [0.25, 0.3) is 0 Å². The summed E-state index contributed by atoms with van der Waals surface area (Å²) in [7, 11) is 0. The van der Waals surface area contributed by atoms with E-state index in [4.69, 9.17) is 16.3 Å². The molecule has 2 rings (SSSR count). The number of rotatable bonds is 4. The van der Waals surface area contributed by atoms with Crippen LogP contribution in [-0.4, -0.2) is 19.2 Å². The van der Waals surface area contributed by atoms with E-state index in [-0.39, 0.29) is 28.7 Å². The summed E-state index contributed by atoms with van der Waals surface area (Å²) in [5.41, 5.74) is 0. The molecule has 0 saturated carbocycles. The highest BCUT2D eigenvalue weighted by molar-refractivity contribution is 6.30. The van der Waals surface area contributed by atoms with Gasteiger partial charge in [-0.05, 0) is 31.0 Å². The second-order valence-corrected chi connectivity index (χ2v) is 5.71. The minimum absolute atomic E-state index is 0.0333. The zero-order valence-electron chi connectivity index (χ0n) is 11.1. The van der Waals surface area contributed by atoms with Crippen molar-refractivity contribution in [1.82, 2.24) is 5.32 Å². The first-order valence-corrected chi connectivity index (χ1v) is 6.88. The van der Waals surface area contributed by atoms with Crippen molar-refractivity contribution < 1.29 is 13.5 Å². The lowest BCUT2D eigenvalue weighted by atomic mass is 9.92. The minimum atomic E-state index is -0.749. The summed E-state index contributed by atoms with van der Waals surface area (Å²) in [4.78, 5) is 0. The lowest BCUT2D eigenvalue weighted by Gasteiger charge is -2.28. The Bertz CT molecular complexity index is 424. The molecule has 1 saturated heterocycles. The van der Waals surface area contributed by atoms with E-state index in [0.717, 1.165) is 31.6 Å². The molecule has 5 heteroatoms. The molecule has 0 radical (unpaired) electrons. The van der Waals surface area contributed by atoms with E-state index in [9.17, 15) is 8.78 Å². The molecule has 1 N–H and O–H groups in total. The molecule has 106 valence electrons. The molecule has 1 aromatic rings. The van der Waals surface area contributed by atoms with Gasteiger partial charge in [0.15, 0.2) is 17.4 Å². The third-order valence-electron chi connectivity index (χ3n) is 3.44. The van der Waals surface area contributed by atoms with Gasteiger partial charge >= 0.3 is 0 Å². The van der Waals surface area contributed by atoms with Crippen LogP contribution in [0.2, 0.25) is 5.02 Å². The van der Waals surface area contributed by atoms with Crippen molar-refractivity contribution >= 4 is 11.6 Å². The summed E-state index contributed by atoms with van der Waals surface area (Å²) in [6.45, 7) is 5.73. The van der Waals surface area contributed by atoms with E-state index in [1.54, 1.807) is 0 Å². The Balaban J connectivity index is 2.21. The Labute approximate surface area is 117 Å². The maximum Gasteiger partial charge on any atom is 0.191 e. The average molecular weight is 290 g/mol. The summed E-state index contributed by atoms with van der Waals surface area (Å²) in [5.74, 6) is -1.37. The van der Waals surface area contributed by atoms with Gasteiger partial charge in [-0.15, -0.1) is 0 Å². The third kappa shape index (κ3) is 3.37. The Morgan fingerprint density at radius 3 is 2.42 bits per heavy atom. The van der Waals surface area contributed by atoms with Crippen molar-refractivity contribution in [2.24, 2.45) is 11.8 Å². The number of hydrogen-bond donors (Lipinski definition) is 1. The third-order valence-corrected chi connectivity index (χ3v) is 3.66. The van der Waals surface area contributed by atoms with Crippen molar-refractivity contribution in [3.63, 3.8) is 0 Å². The summed E-state index contributed by atoms with van der Waals surface area (Å²) in [6.07, 6.45) is 0.750. The topological polar surface area (TPSA) is 21.3 Å². The SMILES string of the molecule is CC(C)[C@@H](Oc1c(F)cc(Cl)cc1F)[C@@H]1CCNC1. The van der Waals surface area contributed by atoms with Gasteiger partial charge in [-0.3, -0.25) is 0 Å². The second-order valence-electron chi connectivity index (χ2n) is 5.28. The summed E-state index contributed by atoms with van der Waals surface area (Å²) < 4.78 is 33.1. The van der Waals surface area contributed by atoms with E-state index < -0.39 is 11.6 Å². The van der Waals surface area contributed by atoms with Gasteiger partial charge in [-0.25, -0.2) is 8.78 Å². The van der Waals surface area contributed by atoms with Crippen LogP contribution in [0.15, 0.2) is 12.1 Å². The van der Waals surface area contributed by atoms with Crippen LogP contribution in [0, 0.1) is 23.5 Å². The Morgan fingerprint density at radius 1 is 1.32 bits per heavy atom. The highest BCUT2D eigenvalue weighted by atomic mass is 35.5. The van der Waals surface area contributed by atoms with Gasteiger partial charge < -0.3 is 10.1 Å². The molecule has 0 aromatic heterocycles. The average Bonchev–Trinajstić information content (AvgIpc) is 2.80. The van der Waals surface area contributed by atoms with E-state index in [0.29, 0.717) is 0 Å². The van der Waals surface area contributed by atoms with Gasteiger partial charge in [0.05, 0.1) is 0 Å². The quantitative estimate of drug-likeness (QED) is 0.914. The predicted molar refractivity (Wildman–Crippen MR) is 71.6 cm³/mol. The predicted octanol–water partition coefficient (Wildman–Crippen LogP) is 3.63. The maximum absolute atomic E-state index is 13.8. The summed E-state index contributed by atoms with van der Waals surface area (Å²) in [6, 6.07) is 2.15. The molecule has 2 nitrogen and oxygen atoms in total. The van der Waals surface area contributed by atoms with Crippen molar-refractivity contribution in [3.05, 3.63) is 28.8 Å². The van der Waals surface area contributed by atoms with Gasteiger partial charge in [0.1, 0.15) is 6.10 Å². The minimum Gasteiger partial charge on any atom is -0.484 e. The van der Waals surface area contributed by atoms with Crippen molar-refractivity contribution in [3.8, 4) is 5.75 Å². The summed E-state index contributed by atoms with van der Waals surface area (Å²) >= 11 is 5.60. The normalized spacial score (nSPS) is 20.8. The molecule has 1 aliphatic heterocycles. The van der Waals surface area contributed by atoms with Crippen LogP contribution in [0.1, 0.15) is 20.3 Å². The zero-order valence-corrected chi connectivity index (χ0v) is 11.8. The Hall–Kier alpha value is -0.870. The fourth-order valence-corrected chi connectivity index (χ4v) is 2.70. The van der Waals surface area contributed by atoms with E-state index in [2.05, 4.69) is 5.32 Å². The van der Waals surface area contributed by atoms with E-state index in [1.165, 1.54) is 0 Å². The van der Waals surface area contributed by atoms with E-state index in [1.807, 2.05) is 13.8 Å². The molecular weight excluding hydrogens is 272 g/mol. The fraction of sp³-hybridized carbons (Fsp3) is 0.571. The molecule has 1 fully saturated rings. The van der Waals surface area contributed by atoms with Gasteiger partial charge in [0.25, 0.3) is 0 Å². The lowest BCUT2D eigenvalue weighted by Crippen LogP contribution is -2.34. The molecule has 1 aromatic carbocycles. The first kappa shape index (κ1) is 14.5. The molecular formula is C14H18ClF2NO. The lowest BCUT2D eigenvalue weighted by molar-refractivity contribution is 0.0879. The molecule has 0 amide bonds. The number of hydrogen-bond acceptors (Lipinski definition) is 2. The van der Waals surface area contributed by atoms with Gasteiger partial charge in [0, 0.05) is 17.5 Å². The van der Waals surface area contributed by atoms with Gasteiger partial charge in [-0.2, -0.15) is 0 Å². The van der Waals surface area contributed by atoms with Crippen molar-refractivity contribution in [2.45, 2.75) is 26.4 Å². The van der Waals surface area contributed by atoms with E-state index >= 15 is 0 Å². The maximum atomic E-state index is 13.8. The van der Waals surface area contributed by atoms with Crippen LogP contribution < -0.4 is 10.1 Å². The summed E-state index contributed by atoms with van der Waals surface area (Å²) in [5, 5.41) is 3.28. The smallest absolute Gasteiger partial charge is 0.191 e. The highest BCUT2D eigenvalue weighted by Crippen LogP contribution is 2.30. The molecule has 19 heavy (non-hydrogen) atoms. The highest BCUT2D eigenvalue weighted by Gasteiger charge is 2.30. The molecule has 0 unspecified atom stereocenters. The standard InChI is InChI=1S/C14H18ClF2NO/c1-8(2)13(9-3-4-18-7-9)19-14-11(16)5-10(15)6-12(14)17/h5-6,8-9,13,18H,3-4,7H2,1-2H3/t9-,13-/m1/s1. The number of nitrogens with one attached hydrogen (secondary N) is 1. The molecule has 0 bridgehead atoms. The van der Waals surface area contributed by atoms with Crippen molar-refractivity contribution in [2.75, 3.05) is 13.1 Å². The van der Waals surface area contributed by atoms with Crippen LogP contribution in [0.5, 0.6) is 5.75 Å². The molecule has 1 heterocycles. The van der Waals surface area contributed by atoms with Gasteiger partial charge in [0.2, 0.25) is 0 Å². The number of ether oxygens (including phenoxy) is 1. The molecule has 0 aliphatic carbocycles. The van der Waals surface area contributed by atoms with Crippen LogP contribution in [0.3, 0.4) is 0 Å². The fourth-order valence-electron chi connectivity index (χ4n) is 2.51. The van der Waals surface area contributed by atoms with Crippen molar-refractivity contribution in [1.29, 1.82) is 0 Å². The second kappa shape index (κ2) is 6.06. The largest absolute Gasteiger partial charge is 0.484 e. The Kier molecular flexibility index (Phi) is 4.63. The first-order valence-electron chi connectivity index (χ1n) is 6.51. The Morgan fingerprint density at radius 2 is 1.95 bits per heavy atom.